The standard InChI is InChI=1S/C32H35ClF3N3O4S/c1-3-29(31(41)37-24-9-7-8-10-24)38(20-23-15-13-22(2)14-16-23)30(40)21-39(44(42,43)26-11-5-4-6-12-26)25-17-18-28(33)27(19-25)32(34,35)36/h4-6,11-19,24,29H,3,7-10,20-21H2,1-2H3,(H,37,41). The number of carbonyl (C=O) groups excluding carboxylic acids is 2. The molecule has 1 aliphatic rings. The summed E-state index contributed by atoms with van der Waals surface area (Å²) in [7, 11) is -4.53. The highest BCUT2D eigenvalue weighted by Gasteiger charge is 2.37. The SMILES string of the molecule is CCC(C(=O)NC1CCCC1)N(Cc1ccc(C)cc1)C(=O)CN(c1ccc(Cl)c(C(F)(F)F)c1)S(=O)(=O)c1ccccc1. The maximum Gasteiger partial charge on any atom is 0.417 e. The monoisotopic (exact) mass is 649 g/mol. The van der Waals surface area contributed by atoms with E-state index >= 15 is 0 Å². The highest BCUT2D eigenvalue weighted by Crippen LogP contribution is 2.38. The number of hydrogen-bond acceptors (Lipinski definition) is 4. The molecule has 0 heterocycles. The third kappa shape index (κ3) is 7.92. The Bertz CT molecular complexity index is 1560. The van der Waals surface area contributed by atoms with Crippen LogP contribution in [0.3, 0.4) is 0 Å². The van der Waals surface area contributed by atoms with Gasteiger partial charge >= 0.3 is 6.18 Å². The number of hydrogen-bond donors (Lipinski definition) is 1. The number of benzene rings is 3. The van der Waals surface area contributed by atoms with Gasteiger partial charge in [-0.15, -0.1) is 0 Å². The predicted molar refractivity (Wildman–Crippen MR) is 164 cm³/mol. The lowest BCUT2D eigenvalue weighted by Gasteiger charge is -2.34. The van der Waals surface area contributed by atoms with E-state index in [1.54, 1.807) is 13.0 Å². The molecule has 0 spiro atoms. The van der Waals surface area contributed by atoms with Crippen molar-refractivity contribution in [2.45, 2.75) is 75.7 Å². The summed E-state index contributed by atoms with van der Waals surface area (Å²) in [6.45, 7) is 2.80. The second kappa shape index (κ2) is 14.0. The fourth-order valence-electron chi connectivity index (χ4n) is 5.31. The molecule has 1 aliphatic carbocycles. The number of sulfonamides is 1. The Labute approximate surface area is 261 Å². The van der Waals surface area contributed by atoms with Gasteiger partial charge in [0.15, 0.2) is 0 Å². The van der Waals surface area contributed by atoms with Gasteiger partial charge in [-0.25, -0.2) is 8.42 Å². The lowest BCUT2D eigenvalue weighted by molar-refractivity contribution is -0.140. The number of aryl methyl sites for hydroxylation is 1. The van der Waals surface area contributed by atoms with Gasteiger partial charge in [-0.05, 0) is 62.1 Å². The lowest BCUT2D eigenvalue weighted by Crippen LogP contribution is -2.53. The maximum atomic E-state index is 14.2. The van der Waals surface area contributed by atoms with Crippen LogP contribution in [-0.2, 0) is 32.3 Å². The Kier molecular flexibility index (Phi) is 10.6. The molecule has 1 unspecified atom stereocenters. The normalized spacial score (nSPS) is 14.7. The van der Waals surface area contributed by atoms with Crippen LogP contribution in [0.15, 0.2) is 77.7 Å². The van der Waals surface area contributed by atoms with Crippen LogP contribution in [0.1, 0.15) is 55.7 Å². The van der Waals surface area contributed by atoms with E-state index in [-0.39, 0.29) is 29.8 Å². The largest absolute Gasteiger partial charge is 0.417 e. The zero-order chi connectivity index (χ0) is 32.1. The molecule has 1 saturated carbocycles. The zero-order valence-corrected chi connectivity index (χ0v) is 26.1. The van der Waals surface area contributed by atoms with E-state index in [1.807, 2.05) is 31.2 Å². The molecule has 1 atom stereocenters. The summed E-state index contributed by atoms with van der Waals surface area (Å²) >= 11 is 5.83. The van der Waals surface area contributed by atoms with Crippen molar-refractivity contribution in [1.29, 1.82) is 0 Å². The molecule has 1 fully saturated rings. The molecule has 0 bridgehead atoms. The Morgan fingerprint density at radius 2 is 1.64 bits per heavy atom. The lowest BCUT2D eigenvalue weighted by atomic mass is 10.1. The number of nitrogens with one attached hydrogen (secondary N) is 1. The molecular weight excluding hydrogens is 615 g/mol. The highest BCUT2D eigenvalue weighted by molar-refractivity contribution is 7.92. The fourth-order valence-corrected chi connectivity index (χ4v) is 6.96. The highest BCUT2D eigenvalue weighted by atomic mass is 35.5. The van der Waals surface area contributed by atoms with Crippen molar-refractivity contribution in [1.82, 2.24) is 10.2 Å². The van der Waals surface area contributed by atoms with Gasteiger partial charge in [0.05, 0.1) is 21.2 Å². The smallest absolute Gasteiger partial charge is 0.352 e. The maximum absolute atomic E-state index is 14.2. The summed E-state index contributed by atoms with van der Waals surface area (Å²) in [4.78, 5) is 28.8. The summed E-state index contributed by atoms with van der Waals surface area (Å²) in [6, 6.07) is 16.2. The molecule has 0 radical (unpaired) electrons. The number of amides is 2. The average molecular weight is 650 g/mol. The summed E-state index contributed by atoms with van der Waals surface area (Å²) < 4.78 is 69.9. The Balaban J connectivity index is 1.77. The Hall–Kier alpha value is -3.57. The van der Waals surface area contributed by atoms with Gasteiger partial charge in [0, 0.05) is 12.6 Å². The number of nitrogens with zero attached hydrogens (tertiary/aromatic N) is 2. The molecule has 0 saturated heterocycles. The summed E-state index contributed by atoms with van der Waals surface area (Å²) in [5, 5.41) is 2.42. The number of anilines is 1. The first-order chi connectivity index (χ1) is 20.8. The zero-order valence-electron chi connectivity index (χ0n) is 24.5. The average Bonchev–Trinajstić information content (AvgIpc) is 3.50. The molecule has 12 heteroatoms. The first kappa shape index (κ1) is 33.3. The second-order valence-corrected chi connectivity index (χ2v) is 13.2. The van der Waals surface area contributed by atoms with Crippen LogP contribution in [0.25, 0.3) is 0 Å². The van der Waals surface area contributed by atoms with Crippen molar-refractivity contribution in [3.8, 4) is 0 Å². The van der Waals surface area contributed by atoms with Crippen molar-refractivity contribution >= 4 is 39.1 Å². The van der Waals surface area contributed by atoms with Crippen LogP contribution < -0.4 is 9.62 Å². The Morgan fingerprint density at radius 1 is 1.00 bits per heavy atom. The summed E-state index contributed by atoms with van der Waals surface area (Å²) in [5.41, 5.74) is 0.0642. The summed E-state index contributed by atoms with van der Waals surface area (Å²) in [5.74, 6) is -1.11. The van der Waals surface area contributed by atoms with E-state index in [1.165, 1.54) is 29.2 Å². The van der Waals surface area contributed by atoms with Crippen LogP contribution >= 0.6 is 11.6 Å². The quantitative estimate of drug-likeness (QED) is 0.250. The molecule has 3 aromatic rings. The van der Waals surface area contributed by atoms with Crippen LogP contribution in [0, 0.1) is 6.92 Å². The molecule has 3 aromatic carbocycles. The number of rotatable bonds is 11. The minimum atomic E-state index is -4.87. The third-order valence-corrected chi connectivity index (χ3v) is 9.83. The molecule has 0 aliphatic heterocycles. The molecule has 2 amide bonds. The molecule has 0 aromatic heterocycles. The van der Waals surface area contributed by atoms with Gasteiger partial charge in [0.1, 0.15) is 12.6 Å². The van der Waals surface area contributed by atoms with Crippen molar-refractivity contribution in [2.75, 3.05) is 10.8 Å². The predicted octanol–water partition coefficient (Wildman–Crippen LogP) is 6.73. The first-order valence-corrected chi connectivity index (χ1v) is 16.2. The second-order valence-electron chi connectivity index (χ2n) is 10.9. The van der Waals surface area contributed by atoms with E-state index < -0.39 is 51.0 Å². The van der Waals surface area contributed by atoms with Gasteiger partial charge in [0.25, 0.3) is 10.0 Å². The third-order valence-electron chi connectivity index (χ3n) is 7.71. The fraction of sp³-hybridized carbons (Fsp3) is 0.375. The van der Waals surface area contributed by atoms with Crippen LogP contribution in [0.2, 0.25) is 5.02 Å². The van der Waals surface area contributed by atoms with Crippen LogP contribution in [0.4, 0.5) is 18.9 Å². The molecule has 236 valence electrons. The number of alkyl halides is 3. The molecular formula is C32H35ClF3N3O4S. The minimum Gasteiger partial charge on any atom is -0.352 e. The van der Waals surface area contributed by atoms with E-state index in [4.69, 9.17) is 11.6 Å². The van der Waals surface area contributed by atoms with Gasteiger partial charge in [-0.2, -0.15) is 13.2 Å². The molecule has 7 nitrogen and oxygen atoms in total. The number of carbonyl (C=O) groups is 2. The number of halogens is 4. The van der Waals surface area contributed by atoms with Gasteiger partial charge in [-0.1, -0.05) is 79.4 Å². The van der Waals surface area contributed by atoms with Gasteiger partial charge < -0.3 is 10.2 Å². The summed E-state index contributed by atoms with van der Waals surface area (Å²) in [6.07, 6.45) is -1.00. The van der Waals surface area contributed by atoms with Crippen LogP contribution in [-0.4, -0.2) is 43.8 Å². The van der Waals surface area contributed by atoms with Gasteiger partial charge in [0.2, 0.25) is 11.8 Å². The molecule has 44 heavy (non-hydrogen) atoms. The van der Waals surface area contributed by atoms with E-state index in [0.717, 1.165) is 43.4 Å². The minimum absolute atomic E-state index is 0.0106. The van der Waals surface area contributed by atoms with Crippen molar-refractivity contribution in [2.24, 2.45) is 0 Å². The van der Waals surface area contributed by atoms with Crippen molar-refractivity contribution in [3.63, 3.8) is 0 Å². The first-order valence-electron chi connectivity index (χ1n) is 14.4. The van der Waals surface area contributed by atoms with E-state index in [2.05, 4.69) is 5.32 Å². The van der Waals surface area contributed by atoms with Crippen molar-refractivity contribution in [3.05, 3.63) is 94.5 Å². The Morgan fingerprint density at radius 3 is 2.23 bits per heavy atom. The van der Waals surface area contributed by atoms with Crippen molar-refractivity contribution < 1.29 is 31.2 Å². The van der Waals surface area contributed by atoms with E-state index in [0.29, 0.717) is 15.9 Å². The molecule has 1 N–H and O–H groups in total. The molecule has 4 rings (SSSR count). The van der Waals surface area contributed by atoms with E-state index in [9.17, 15) is 31.2 Å². The van der Waals surface area contributed by atoms with Crippen LogP contribution in [0.5, 0.6) is 0 Å². The topological polar surface area (TPSA) is 86.8 Å². The van der Waals surface area contributed by atoms with Gasteiger partial charge in [-0.3, -0.25) is 13.9 Å².